The molecule has 1 rings (SSSR count). The van der Waals surface area contributed by atoms with Crippen LogP contribution in [-0.2, 0) is 15.1 Å². The molecule has 18 heavy (non-hydrogen) atoms. The van der Waals surface area contributed by atoms with Gasteiger partial charge >= 0.3 is 5.97 Å². The summed E-state index contributed by atoms with van der Waals surface area (Å²) < 4.78 is 5.01. The van der Waals surface area contributed by atoms with E-state index in [4.69, 9.17) is 4.74 Å². The molecule has 4 heteroatoms. The maximum absolute atomic E-state index is 10.9. The average molecular weight is 268 g/mol. The van der Waals surface area contributed by atoms with E-state index >= 15 is 0 Å². The summed E-state index contributed by atoms with van der Waals surface area (Å²) in [5.74, 6) is -0.381. The van der Waals surface area contributed by atoms with Gasteiger partial charge in [-0.3, -0.25) is 4.79 Å². The number of thioether (sulfide) groups is 1. The number of aryl methyl sites for hydroxylation is 1. The van der Waals surface area contributed by atoms with Crippen molar-refractivity contribution >= 4 is 17.7 Å². The molecule has 0 saturated carbocycles. The van der Waals surface area contributed by atoms with Gasteiger partial charge in [0.05, 0.1) is 0 Å². The summed E-state index contributed by atoms with van der Waals surface area (Å²) in [5.41, 5.74) is 0.750. The van der Waals surface area contributed by atoms with Crippen molar-refractivity contribution < 1.29 is 14.6 Å². The molecule has 0 unspecified atom stereocenters. The molecule has 0 saturated heterocycles. The van der Waals surface area contributed by atoms with E-state index in [2.05, 4.69) is 0 Å². The zero-order valence-electron chi connectivity index (χ0n) is 11.3. The van der Waals surface area contributed by atoms with Crippen LogP contribution in [0.2, 0.25) is 0 Å². The van der Waals surface area contributed by atoms with Gasteiger partial charge < -0.3 is 9.84 Å². The summed E-state index contributed by atoms with van der Waals surface area (Å²) in [5, 5.41) is 10.7. The van der Waals surface area contributed by atoms with Crippen LogP contribution < -0.4 is 0 Å². The van der Waals surface area contributed by atoms with Crippen LogP contribution in [0.15, 0.2) is 24.3 Å². The van der Waals surface area contributed by atoms with Crippen molar-refractivity contribution in [2.75, 3.05) is 12.9 Å². The zero-order chi connectivity index (χ0) is 13.8. The Hall–Kier alpha value is -1.00. The van der Waals surface area contributed by atoms with E-state index in [1.54, 1.807) is 11.8 Å². The fourth-order valence-electron chi connectivity index (χ4n) is 1.68. The summed E-state index contributed by atoms with van der Waals surface area (Å²) in [6, 6.07) is 7.65. The number of hydrogen-bond donors (Lipinski definition) is 1. The van der Waals surface area contributed by atoms with Crippen LogP contribution in [0.5, 0.6) is 0 Å². The third-order valence-corrected chi connectivity index (χ3v) is 4.17. The third kappa shape index (κ3) is 3.50. The highest BCUT2D eigenvalue weighted by atomic mass is 32.2. The molecule has 0 heterocycles. The van der Waals surface area contributed by atoms with E-state index in [0.29, 0.717) is 0 Å². The van der Waals surface area contributed by atoms with Gasteiger partial charge in [-0.2, -0.15) is 11.8 Å². The van der Waals surface area contributed by atoms with E-state index in [1.807, 2.05) is 44.4 Å². The maximum Gasteiger partial charge on any atom is 0.302 e. The molecule has 1 aromatic rings. The Labute approximate surface area is 113 Å². The number of carbonyl (C=O) groups is 1. The summed E-state index contributed by atoms with van der Waals surface area (Å²) in [7, 11) is 0. The minimum Gasteiger partial charge on any atom is -0.462 e. The normalized spacial score (nSPS) is 15.8. The van der Waals surface area contributed by atoms with Gasteiger partial charge in [-0.1, -0.05) is 36.8 Å². The average Bonchev–Trinajstić information content (AvgIpc) is 2.35. The summed E-state index contributed by atoms with van der Waals surface area (Å²) in [6.45, 7) is 5.24. The van der Waals surface area contributed by atoms with Gasteiger partial charge in [-0.05, 0) is 18.7 Å². The Kier molecular flexibility index (Phi) is 5.23. The van der Waals surface area contributed by atoms with E-state index in [0.717, 1.165) is 11.1 Å². The van der Waals surface area contributed by atoms with Crippen molar-refractivity contribution in [1.82, 2.24) is 0 Å². The second-order valence-electron chi connectivity index (χ2n) is 4.45. The van der Waals surface area contributed by atoms with Crippen molar-refractivity contribution in [1.29, 1.82) is 0 Å². The highest BCUT2D eigenvalue weighted by molar-refractivity contribution is 7.99. The Bertz CT molecular complexity index is 402. The molecule has 0 aliphatic carbocycles. The molecule has 0 radical (unpaired) electrons. The van der Waals surface area contributed by atoms with E-state index in [1.165, 1.54) is 6.92 Å². The maximum atomic E-state index is 10.9. The van der Waals surface area contributed by atoms with Gasteiger partial charge in [-0.15, -0.1) is 0 Å². The molecule has 0 aliphatic rings. The molecule has 0 fully saturated rings. The molecular formula is C14H20O3S. The van der Waals surface area contributed by atoms with Gasteiger partial charge in [-0.25, -0.2) is 0 Å². The lowest BCUT2D eigenvalue weighted by atomic mass is 9.91. The summed E-state index contributed by atoms with van der Waals surface area (Å²) in [6.07, 6.45) is 1.93. The Balaban J connectivity index is 3.03. The molecule has 1 aromatic carbocycles. The molecule has 0 aliphatic heterocycles. The molecule has 0 bridgehead atoms. The Morgan fingerprint density at radius 1 is 1.44 bits per heavy atom. The summed E-state index contributed by atoms with van der Waals surface area (Å²) in [4.78, 5) is 10.9. The number of aliphatic hydroxyl groups is 1. The number of rotatable bonds is 5. The first kappa shape index (κ1) is 15.1. The fraction of sp³-hybridized carbons (Fsp3) is 0.500. The van der Waals surface area contributed by atoms with Crippen LogP contribution in [0, 0.1) is 6.92 Å². The molecule has 0 spiro atoms. The number of hydrogen-bond acceptors (Lipinski definition) is 4. The second kappa shape index (κ2) is 6.25. The van der Waals surface area contributed by atoms with Gasteiger partial charge in [0, 0.05) is 12.2 Å². The van der Waals surface area contributed by atoms with E-state index in [-0.39, 0.29) is 17.8 Å². The van der Waals surface area contributed by atoms with Crippen molar-refractivity contribution in [3.05, 3.63) is 35.4 Å². The van der Waals surface area contributed by atoms with Crippen molar-refractivity contribution in [3.8, 4) is 0 Å². The standard InChI is InChI=1S/C14H20O3S/c1-10-5-7-13(8-6-10)14(16,11(2)18-4)9-17-12(3)15/h5-8,11,16H,9H2,1-4H3/t11-,14-/m1/s1. The fourth-order valence-corrected chi connectivity index (χ4v) is 2.28. The van der Waals surface area contributed by atoms with Crippen LogP contribution in [0.1, 0.15) is 25.0 Å². The smallest absolute Gasteiger partial charge is 0.302 e. The van der Waals surface area contributed by atoms with Crippen molar-refractivity contribution in [2.24, 2.45) is 0 Å². The van der Waals surface area contributed by atoms with E-state index < -0.39 is 5.60 Å². The minimum absolute atomic E-state index is 0.0204. The van der Waals surface area contributed by atoms with Crippen LogP contribution >= 0.6 is 11.8 Å². The second-order valence-corrected chi connectivity index (χ2v) is 5.63. The number of benzene rings is 1. The molecule has 100 valence electrons. The Morgan fingerprint density at radius 2 is 2.00 bits per heavy atom. The van der Waals surface area contributed by atoms with Crippen LogP contribution in [0.4, 0.5) is 0 Å². The number of esters is 1. The quantitative estimate of drug-likeness (QED) is 0.833. The van der Waals surface area contributed by atoms with Gasteiger partial charge in [0.25, 0.3) is 0 Å². The molecule has 0 amide bonds. The third-order valence-electron chi connectivity index (χ3n) is 3.07. The molecule has 0 aromatic heterocycles. The topological polar surface area (TPSA) is 46.5 Å². The van der Waals surface area contributed by atoms with Gasteiger partial charge in [0.15, 0.2) is 0 Å². The first-order valence-electron chi connectivity index (χ1n) is 5.86. The van der Waals surface area contributed by atoms with Gasteiger partial charge in [0.2, 0.25) is 0 Å². The van der Waals surface area contributed by atoms with Crippen LogP contribution in [0.3, 0.4) is 0 Å². The van der Waals surface area contributed by atoms with E-state index in [9.17, 15) is 9.90 Å². The monoisotopic (exact) mass is 268 g/mol. The molecule has 2 atom stereocenters. The first-order chi connectivity index (χ1) is 8.40. The number of ether oxygens (including phenoxy) is 1. The lowest BCUT2D eigenvalue weighted by Crippen LogP contribution is -2.41. The predicted octanol–water partition coefficient (Wildman–Crippen LogP) is 2.50. The van der Waals surface area contributed by atoms with Crippen molar-refractivity contribution in [3.63, 3.8) is 0 Å². The van der Waals surface area contributed by atoms with Crippen LogP contribution in [0.25, 0.3) is 0 Å². The number of carbonyl (C=O) groups excluding carboxylic acids is 1. The molecule has 1 N–H and O–H groups in total. The lowest BCUT2D eigenvalue weighted by Gasteiger charge is -2.33. The molecular weight excluding hydrogens is 248 g/mol. The highest BCUT2D eigenvalue weighted by Gasteiger charge is 2.36. The molecule has 3 nitrogen and oxygen atoms in total. The summed E-state index contributed by atoms with van der Waals surface area (Å²) >= 11 is 1.54. The SMILES string of the molecule is CS[C@H](C)[C@](O)(COC(C)=O)c1ccc(C)cc1. The predicted molar refractivity (Wildman–Crippen MR) is 74.7 cm³/mol. The highest BCUT2D eigenvalue weighted by Crippen LogP contribution is 2.32. The Morgan fingerprint density at radius 3 is 2.44 bits per heavy atom. The first-order valence-corrected chi connectivity index (χ1v) is 7.14. The van der Waals surface area contributed by atoms with Gasteiger partial charge in [0.1, 0.15) is 12.2 Å². The zero-order valence-corrected chi connectivity index (χ0v) is 12.1. The van der Waals surface area contributed by atoms with Crippen LogP contribution in [-0.4, -0.2) is 29.2 Å². The van der Waals surface area contributed by atoms with Crippen molar-refractivity contribution in [2.45, 2.75) is 31.6 Å². The lowest BCUT2D eigenvalue weighted by molar-refractivity contribution is -0.149. The largest absolute Gasteiger partial charge is 0.462 e. The minimum atomic E-state index is -1.15.